The Hall–Kier alpha value is -2.74. The van der Waals surface area contributed by atoms with Crippen LogP contribution in [0.1, 0.15) is 29.6 Å². The number of esters is 3. The number of carbonyl (C=O) groups is 3. The normalized spacial score (nSPS) is 25.3. The summed E-state index contributed by atoms with van der Waals surface area (Å²) in [4.78, 5) is 36.8. The lowest BCUT2D eigenvalue weighted by atomic mass is 9.78. The van der Waals surface area contributed by atoms with Crippen molar-refractivity contribution in [3.8, 4) is 0 Å². The van der Waals surface area contributed by atoms with Crippen molar-refractivity contribution in [3.63, 3.8) is 0 Å². The maximum atomic E-state index is 13.6. The molecule has 14 heteroatoms. The predicted molar refractivity (Wildman–Crippen MR) is 98.8 cm³/mol. The zero-order valence-electron chi connectivity index (χ0n) is 16.7. The second kappa shape index (κ2) is 8.89. The van der Waals surface area contributed by atoms with Gasteiger partial charge in [-0.15, -0.1) is 0 Å². The van der Waals surface area contributed by atoms with Gasteiger partial charge < -0.3 is 14.2 Å². The van der Waals surface area contributed by atoms with Crippen molar-refractivity contribution < 1.29 is 59.1 Å². The summed E-state index contributed by atoms with van der Waals surface area (Å²) in [5, 5.41) is -5.80. The summed E-state index contributed by atoms with van der Waals surface area (Å²) in [6, 6.07) is 7.79. The molecule has 33 heavy (non-hydrogen) atoms. The summed E-state index contributed by atoms with van der Waals surface area (Å²) in [6.45, 7) is -1.33. The molecule has 3 rings (SSSR count). The molecule has 2 aliphatic rings. The number of hydrogen-bond acceptors (Lipinski definition) is 8. The van der Waals surface area contributed by atoms with Crippen LogP contribution in [0.25, 0.3) is 0 Å². The van der Waals surface area contributed by atoms with E-state index in [2.05, 4.69) is 4.74 Å². The number of hydrogen-bond donors (Lipinski definition) is 1. The van der Waals surface area contributed by atoms with Crippen molar-refractivity contribution in [1.29, 1.82) is 0 Å². The second-order valence-electron chi connectivity index (χ2n) is 7.58. The van der Waals surface area contributed by atoms with Gasteiger partial charge in [-0.05, 0) is 12.1 Å². The average Bonchev–Trinajstić information content (AvgIpc) is 3.06. The number of rotatable bonds is 8. The first kappa shape index (κ1) is 24.9. The van der Waals surface area contributed by atoms with Crippen LogP contribution in [0.15, 0.2) is 30.3 Å². The minimum Gasteiger partial charge on any atom is -0.465 e. The van der Waals surface area contributed by atoms with Crippen LogP contribution in [-0.2, 0) is 33.9 Å². The Morgan fingerprint density at radius 3 is 2.36 bits per heavy atom. The summed E-state index contributed by atoms with van der Waals surface area (Å²) >= 11 is 0. The van der Waals surface area contributed by atoms with Crippen molar-refractivity contribution in [2.24, 2.45) is 11.8 Å². The number of halogens is 4. The van der Waals surface area contributed by atoms with Crippen LogP contribution in [0.2, 0.25) is 0 Å². The van der Waals surface area contributed by atoms with E-state index < -0.39 is 76.3 Å². The molecule has 1 aliphatic carbocycles. The molecule has 1 saturated carbocycles. The predicted octanol–water partition coefficient (Wildman–Crippen LogP) is 2.21. The molecule has 0 spiro atoms. The lowest BCUT2D eigenvalue weighted by Gasteiger charge is -2.30. The third-order valence-corrected chi connectivity index (χ3v) is 6.37. The van der Waals surface area contributed by atoms with Crippen LogP contribution in [0.3, 0.4) is 0 Å². The third kappa shape index (κ3) is 4.95. The van der Waals surface area contributed by atoms with Gasteiger partial charge in [0.25, 0.3) is 0 Å². The van der Waals surface area contributed by atoms with Crippen LogP contribution in [0.5, 0.6) is 0 Å². The zero-order chi connectivity index (χ0) is 24.6. The number of carbonyl (C=O) groups excluding carboxylic acids is 3. The van der Waals surface area contributed by atoms with Gasteiger partial charge in [0.1, 0.15) is 12.2 Å². The molecule has 1 aliphatic heterocycles. The monoisotopic (exact) mass is 498 g/mol. The van der Waals surface area contributed by atoms with Gasteiger partial charge in [0.2, 0.25) is 0 Å². The molecule has 0 amide bonds. The molecule has 1 saturated heterocycles. The van der Waals surface area contributed by atoms with E-state index in [1.165, 1.54) is 12.1 Å². The van der Waals surface area contributed by atoms with E-state index >= 15 is 0 Å². The molecule has 0 aromatic heterocycles. The van der Waals surface area contributed by atoms with Crippen LogP contribution in [-0.4, -0.2) is 60.9 Å². The van der Waals surface area contributed by atoms with Gasteiger partial charge in [-0.2, -0.15) is 26.0 Å². The average molecular weight is 498 g/mol. The maximum absolute atomic E-state index is 13.6. The van der Waals surface area contributed by atoms with Gasteiger partial charge in [0, 0.05) is 12.8 Å². The van der Waals surface area contributed by atoms with Gasteiger partial charge >= 0.3 is 39.2 Å². The van der Waals surface area contributed by atoms with E-state index in [4.69, 9.17) is 14.0 Å². The highest BCUT2D eigenvalue weighted by Gasteiger charge is 2.65. The SMILES string of the molecule is O=C(OC1CC(C(=O)OCCC(F)(F)C(F)(F)S(=O)(=O)O)C2CC1OC2=O)c1ccccc1. The standard InChI is InChI=1S/C19H18F4O9S/c20-18(21,19(22,23)33(27,28)29)6-7-30-16(25)11-8-13(14-9-12(11)17(26)32-14)31-15(24)10-4-2-1-3-5-10/h1-5,11-14H,6-9H2,(H,27,28,29). The lowest BCUT2D eigenvalue weighted by Crippen LogP contribution is -2.47. The van der Waals surface area contributed by atoms with Crippen molar-refractivity contribution >= 4 is 28.0 Å². The van der Waals surface area contributed by atoms with E-state index in [-0.39, 0.29) is 18.4 Å². The van der Waals surface area contributed by atoms with E-state index in [0.717, 1.165) is 0 Å². The fourth-order valence-electron chi connectivity index (χ4n) is 3.64. The first-order valence-corrected chi connectivity index (χ1v) is 11.0. The molecule has 1 N–H and O–H groups in total. The van der Waals surface area contributed by atoms with E-state index in [9.17, 15) is 40.4 Å². The van der Waals surface area contributed by atoms with Gasteiger partial charge in [0.15, 0.2) is 0 Å². The molecule has 4 atom stereocenters. The molecule has 182 valence electrons. The number of fused-ring (bicyclic) bond motifs is 2. The lowest BCUT2D eigenvalue weighted by molar-refractivity contribution is -0.177. The minimum absolute atomic E-state index is 0.0116. The number of benzene rings is 1. The van der Waals surface area contributed by atoms with Gasteiger partial charge in [-0.3, -0.25) is 14.1 Å². The Kier molecular flexibility index (Phi) is 6.71. The quantitative estimate of drug-likeness (QED) is 0.248. The Labute approximate surface area is 184 Å². The van der Waals surface area contributed by atoms with Gasteiger partial charge in [-0.25, -0.2) is 4.79 Å². The molecule has 2 fully saturated rings. The summed E-state index contributed by atoms with van der Waals surface area (Å²) in [5.74, 6) is -10.2. The second-order valence-corrected chi connectivity index (χ2v) is 9.05. The molecule has 1 aromatic carbocycles. The molecule has 9 nitrogen and oxygen atoms in total. The number of ether oxygens (including phenoxy) is 3. The largest absolute Gasteiger partial charge is 0.465 e. The number of alkyl halides is 4. The van der Waals surface area contributed by atoms with Crippen LogP contribution >= 0.6 is 0 Å². The van der Waals surface area contributed by atoms with E-state index in [0.29, 0.717) is 0 Å². The van der Waals surface area contributed by atoms with E-state index in [1.54, 1.807) is 18.2 Å². The first-order chi connectivity index (χ1) is 15.2. The minimum atomic E-state index is -6.42. The first-order valence-electron chi connectivity index (χ1n) is 9.60. The van der Waals surface area contributed by atoms with Crippen molar-refractivity contribution in [2.45, 2.75) is 42.6 Å². The summed E-state index contributed by atoms with van der Waals surface area (Å²) in [6.07, 6.45) is -4.03. The maximum Gasteiger partial charge on any atom is 0.431 e. The smallest absolute Gasteiger partial charge is 0.431 e. The van der Waals surface area contributed by atoms with Crippen molar-refractivity contribution in [1.82, 2.24) is 0 Å². The topological polar surface area (TPSA) is 133 Å². The summed E-state index contributed by atoms with van der Waals surface area (Å²) in [7, 11) is -6.42. The van der Waals surface area contributed by atoms with Gasteiger partial charge in [0.05, 0.1) is 30.4 Å². The van der Waals surface area contributed by atoms with Crippen LogP contribution in [0, 0.1) is 11.8 Å². The molecular weight excluding hydrogens is 480 g/mol. The Morgan fingerprint density at radius 1 is 1.12 bits per heavy atom. The third-order valence-electron chi connectivity index (χ3n) is 5.42. The fourth-order valence-corrected chi connectivity index (χ4v) is 4.12. The van der Waals surface area contributed by atoms with Crippen molar-refractivity contribution in [3.05, 3.63) is 35.9 Å². The highest BCUT2D eigenvalue weighted by atomic mass is 32.2. The zero-order valence-corrected chi connectivity index (χ0v) is 17.5. The van der Waals surface area contributed by atoms with Gasteiger partial charge in [-0.1, -0.05) is 18.2 Å². The molecule has 4 unspecified atom stereocenters. The summed E-state index contributed by atoms with van der Waals surface area (Å²) < 4.78 is 98.0. The van der Waals surface area contributed by atoms with Crippen LogP contribution in [0.4, 0.5) is 17.6 Å². The molecule has 2 bridgehead atoms. The molecular formula is C19H18F4O9S. The fraction of sp³-hybridized carbons (Fsp3) is 0.526. The molecule has 1 heterocycles. The Bertz CT molecular complexity index is 1030. The van der Waals surface area contributed by atoms with Crippen LogP contribution < -0.4 is 0 Å². The van der Waals surface area contributed by atoms with E-state index in [1.807, 2.05) is 0 Å². The highest BCUT2D eigenvalue weighted by Crippen LogP contribution is 2.42. The Balaban J connectivity index is 1.64. The molecule has 1 aromatic rings. The highest BCUT2D eigenvalue weighted by molar-refractivity contribution is 7.87. The van der Waals surface area contributed by atoms with Crippen molar-refractivity contribution in [2.75, 3.05) is 6.61 Å². The Morgan fingerprint density at radius 2 is 1.76 bits per heavy atom. The molecule has 0 radical (unpaired) electrons. The summed E-state index contributed by atoms with van der Waals surface area (Å²) in [5.41, 5.74) is 0.199.